The molecule has 0 bridgehead atoms. The highest BCUT2D eigenvalue weighted by Gasteiger charge is 2.12. The predicted molar refractivity (Wildman–Crippen MR) is 99.0 cm³/mol. The van der Waals surface area contributed by atoms with E-state index < -0.39 is 5.91 Å². The van der Waals surface area contributed by atoms with Crippen LogP contribution in [0.5, 0.6) is 0 Å². The monoisotopic (exact) mass is 366 g/mol. The Labute approximate surface area is 155 Å². The Bertz CT molecular complexity index is 932. The molecular formula is C19H15ClN4O2. The van der Waals surface area contributed by atoms with E-state index in [9.17, 15) is 9.59 Å². The van der Waals surface area contributed by atoms with Crippen molar-refractivity contribution < 1.29 is 9.59 Å². The second-order valence-corrected chi connectivity index (χ2v) is 5.85. The number of hydrogen-bond donors (Lipinski definition) is 2. The number of amides is 2. The molecule has 0 saturated heterocycles. The molecule has 130 valence electrons. The summed E-state index contributed by atoms with van der Waals surface area (Å²) < 4.78 is 0. The van der Waals surface area contributed by atoms with Gasteiger partial charge >= 0.3 is 0 Å². The topological polar surface area (TPSA) is 84.0 Å². The molecule has 26 heavy (non-hydrogen) atoms. The number of halogens is 1. The van der Waals surface area contributed by atoms with Crippen LogP contribution in [0.4, 0.5) is 5.69 Å². The maximum Gasteiger partial charge on any atom is 0.257 e. The van der Waals surface area contributed by atoms with Crippen molar-refractivity contribution in [2.45, 2.75) is 6.54 Å². The van der Waals surface area contributed by atoms with Crippen molar-refractivity contribution >= 4 is 29.1 Å². The minimum absolute atomic E-state index is 0.263. The van der Waals surface area contributed by atoms with Crippen molar-refractivity contribution in [3.63, 3.8) is 0 Å². The summed E-state index contributed by atoms with van der Waals surface area (Å²) in [7, 11) is 0. The summed E-state index contributed by atoms with van der Waals surface area (Å²) in [5.41, 5.74) is 1.92. The fourth-order valence-electron chi connectivity index (χ4n) is 2.23. The van der Waals surface area contributed by atoms with Crippen LogP contribution < -0.4 is 10.6 Å². The number of benzene rings is 1. The highest BCUT2D eigenvalue weighted by molar-refractivity contribution is 6.33. The number of nitrogens with one attached hydrogen (secondary N) is 2. The number of para-hydroxylation sites is 1. The highest BCUT2D eigenvalue weighted by Crippen LogP contribution is 2.21. The Morgan fingerprint density at radius 1 is 0.923 bits per heavy atom. The van der Waals surface area contributed by atoms with Crippen LogP contribution in [-0.2, 0) is 6.54 Å². The molecule has 0 saturated carbocycles. The maximum atomic E-state index is 12.4. The molecule has 7 heteroatoms. The number of pyridine rings is 2. The predicted octanol–water partition coefficient (Wildman–Crippen LogP) is 3.31. The van der Waals surface area contributed by atoms with Crippen LogP contribution in [0.3, 0.4) is 0 Å². The van der Waals surface area contributed by atoms with Crippen molar-refractivity contribution in [1.82, 2.24) is 15.3 Å². The summed E-state index contributed by atoms with van der Waals surface area (Å²) in [6, 6.07) is 12.0. The second kappa shape index (κ2) is 8.22. The second-order valence-electron chi connectivity index (χ2n) is 5.44. The SMILES string of the molecule is O=C(NCc1cccnc1)c1cncc(C(=O)Nc2ccccc2Cl)c1. The molecule has 0 atom stereocenters. The van der Waals surface area contributed by atoms with Gasteiger partial charge in [-0.25, -0.2) is 0 Å². The van der Waals surface area contributed by atoms with E-state index in [1.165, 1.54) is 18.5 Å². The maximum absolute atomic E-state index is 12.4. The van der Waals surface area contributed by atoms with E-state index in [1.54, 1.807) is 42.7 Å². The van der Waals surface area contributed by atoms with Gasteiger partial charge in [-0.3, -0.25) is 19.6 Å². The van der Waals surface area contributed by atoms with Gasteiger partial charge in [0.25, 0.3) is 11.8 Å². The van der Waals surface area contributed by atoms with Gasteiger partial charge in [0.05, 0.1) is 21.8 Å². The molecule has 1 aromatic carbocycles. The van der Waals surface area contributed by atoms with E-state index in [1.807, 2.05) is 6.07 Å². The quantitative estimate of drug-likeness (QED) is 0.725. The van der Waals surface area contributed by atoms with E-state index in [-0.39, 0.29) is 11.5 Å². The fourth-order valence-corrected chi connectivity index (χ4v) is 2.42. The lowest BCUT2D eigenvalue weighted by Crippen LogP contribution is -2.23. The lowest BCUT2D eigenvalue weighted by Gasteiger charge is -2.08. The van der Waals surface area contributed by atoms with Gasteiger partial charge in [0.15, 0.2) is 0 Å². The first kappa shape index (κ1) is 17.6. The van der Waals surface area contributed by atoms with E-state index in [2.05, 4.69) is 20.6 Å². The molecule has 0 fully saturated rings. The van der Waals surface area contributed by atoms with Gasteiger partial charge in [0, 0.05) is 31.3 Å². The molecule has 2 heterocycles. The number of aromatic nitrogens is 2. The molecule has 0 unspecified atom stereocenters. The Morgan fingerprint density at radius 3 is 2.42 bits per heavy atom. The molecule has 0 aliphatic rings. The number of nitrogens with zero attached hydrogens (tertiary/aromatic N) is 2. The smallest absolute Gasteiger partial charge is 0.257 e. The average Bonchev–Trinajstić information content (AvgIpc) is 2.69. The van der Waals surface area contributed by atoms with Crippen LogP contribution in [0.1, 0.15) is 26.3 Å². The van der Waals surface area contributed by atoms with Gasteiger partial charge in [-0.2, -0.15) is 0 Å². The molecule has 0 aliphatic heterocycles. The zero-order valence-corrected chi connectivity index (χ0v) is 14.4. The number of anilines is 1. The van der Waals surface area contributed by atoms with E-state index in [0.717, 1.165) is 5.56 Å². The molecule has 3 rings (SSSR count). The summed E-state index contributed by atoms with van der Waals surface area (Å²) in [4.78, 5) is 32.6. The summed E-state index contributed by atoms with van der Waals surface area (Å²) in [6.45, 7) is 0.336. The fraction of sp³-hybridized carbons (Fsp3) is 0.0526. The Kier molecular flexibility index (Phi) is 5.56. The van der Waals surface area contributed by atoms with Crippen molar-refractivity contribution in [3.8, 4) is 0 Å². The Balaban J connectivity index is 1.68. The van der Waals surface area contributed by atoms with Crippen molar-refractivity contribution in [3.05, 3.63) is 89.0 Å². The number of rotatable bonds is 5. The zero-order valence-electron chi connectivity index (χ0n) is 13.6. The van der Waals surface area contributed by atoms with E-state index >= 15 is 0 Å². The molecular weight excluding hydrogens is 352 g/mol. The van der Waals surface area contributed by atoms with E-state index in [0.29, 0.717) is 22.8 Å². The van der Waals surface area contributed by atoms with Gasteiger partial charge in [0.2, 0.25) is 0 Å². The largest absolute Gasteiger partial charge is 0.348 e. The minimum atomic E-state index is -0.396. The third-order valence-corrected chi connectivity index (χ3v) is 3.89. The standard InChI is InChI=1S/C19H15ClN4O2/c20-16-5-1-2-6-17(16)24-19(26)15-8-14(11-22-12-15)18(25)23-10-13-4-3-7-21-9-13/h1-9,11-12H,10H2,(H,23,25)(H,24,26). The van der Waals surface area contributed by atoms with E-state index in [4.69, 9.17) is 11.6 Å². The van der Waals surface area contributed by atoms with Crippen molar-refractivity contribution in [2.75, 3.05) is 5.32 Å². The lowest BCUT2D eigenvalue weighted by molar-refractivity contribution is 0.0950. The lowest BCUT2D eigenvalue weighted by atomic mass is 10.1. The average molecular weight is 367 g/mol. The van der Waals surface area contributed by atoms with Crippen LogP contribution in [0.15, 0.2) is 67.3 Å². The molecule has 0 radical (unpaired) electrons. The summed E-state index contributed by atoms with van der Waals surface area (Å²) in [5, 5.41) is 5.90. The first-order chi connectivity index (χ1) is 12.6. The van der Waals surface area contributed by atoms with Gasteiger partial charge in [-0.1, -0.05) is 29.8 Å². The van der Waals surface area contributed by atoms with Crippen LogP contribution in [0.2, 0.25) is 5.02 Å². The van der Waals surface area contributed by atoms with Gasteiger partial charge in [-0.05, 0) is 29.8 Å². The van der Waals surface area contributed by atoms with Crippen molar-refractivity contribution in [1.29, 1.82) is 0 Å². The molecule has 0 spiro atoms. The Hall–Kier alpha value is -3.25. The molecule has 0 aliphatic carbocycles. The summed E-state index contributed by atoms with van der Waals surface area (Å²) >= 11 is 6.04. The van der Waals surface area contributed by atoms with Crippen LogP contribution in [0, 0.1) is 0 Å². The summed E-state index contributed by atoms with van der Waals surface area (Å²) in [5.74, 6) is -0.721. The van der Waals surface area contributed by atoms with Gasteiger partial charge < -0.3 is 10.6 Å². The number of hydrogen-bond acceptors (Lipinski definition) is 4. The number of carbonyl (C=O) groups is 2. The zero-order chi connectivity index (χ0) is 18.4. The van der Waals surface area contributed by atoms with Crippen LogP contribution >= 0.6 is 11.6 Å². The third kappa shape index (κ3) is 4.43. The highest BCUT2D eigenvalue weighted by atomic mass is 35.5. The summed E-state index contributed by atoms with van der Waals surface area (Å²) in [6.07, 6.45) is 6.14. The molecule has 2 aromatic heterocycles. The van der Waals surface area contributed by atoms with Crippen LogP contribution in [0.25, 0.3) is 0 Å². The number of carbonyl (C=O) groups excluding carboxylic acids is 2. The molecule has 6 nitrogen and oxygen atoms in total. The van der Waals surface area contributed by atoms with Gasteiger partial charge in [0.1, 0.15) is 0 Å². The van der Waals surface area contributed by atoms with Crippen LogP contribution in [-0.4, -0.2) is 21.8 Å². The third-order valence-electron chi connectivity index (χ3n) is 3.56. The van der Waals surface area contributed by atoms with Crippen molar-refractivity contribution in [2.24, 2.45) is 0 Å². The first-order valence-corrected chi connectivity index (χ1v) is 8.19. The molecule has 2 N–H and O–H groups in total. The van der Waals surface area contributed by atoms with Gasteiger partial charge in [-0.15, -0.1) is 0 Å². The normalized spacial score (nSPS) is 10.2. The first-order valence-electron chi connectivity index (χ1n) is 7.81. The molecule has 3 aromatic rings. The Morgan fingerprint density at radius 2 is 1.69 bits per heavy atom. The molecule has 2 amide bonds. The minimum Gasteiger partial charge on any atom is -0.348 e.